The summed E-state index contributed by atoms with van der Waals surface area (Å²) in [5.41, 5.74) is 3.45. The minimum atomic E-state index is -0.0640. The first kappa shape index (κ1) is 20.3. The number of imidazole rings is 1. The summed E-state index contributed by atoms with van der Waals surface area (Å²) in [5.74, 6) is 0.0969. The van der Waals surface area contributed by atoms with Crippen LogP contribution in [0.2, 0.25) is 0 Å². The van der Waals surface area contributed by atoms with Crippen molar-refractivity contribution in [2.75, 3.05) is 19.6 Å². The van der Waals surface area contributed by atoms with E-state index in [1.54, 1.807) is 0 Å². The van der Waals surface area contributed by atoms with E-state index in [-0.39, 0.29) is 17.5 Å². The molecule has 7 heteroatoms. The van der Waals surface area contributed by atoms with Gasteiger partial charge in [0.25, 0.3) is 0 Å². The van der Waals surface area contributed by atoms with Crippen molar-refractivity contribution < 1.29 is 4.79 Å². The molecule has 0 spiro atoms. The van der Waals surface area contributed by atoms with Crippen LogP contribution in [0.15, 0.2) is 59.5 Å². The molecule has 0 radical (unpaired) electrons. The number of hydrogen-bond donors (Lipinski definition) is 1. The molecule has 7 nitrogen and oxygen atoms in total. The van der Waals surface area contributed by atoms with Crippen LogP contribution in [0.25, 0.3) is 21.9 Å². The fourth-order valence-electron chi connectivity index (χ4n) is 4.89. The molecule has 0 aliphatic carbocycles. The van der Waals surface area contributed by atoms with E-state index in [0.717, 1.165) is 47.9 Å². The lowest BCUT2D eigenvalue weighted by Crippen LogP contribution is -2.39. The second kappa shape index (κ2) is 8.48. The quantitative estimate of drug-likeness (QED) is 0.475. The monoisotopic (exact) mass is 427 g/mol. The largest absolute Gasteiger partial charge is 0.346 e. The maximum absolute atomic E-state index is 13.2. The van der Waals surface area contributed by atoms with Crippen molar-refractivity contribution in [1.82, 2.24) is 19.0 Å². The number of aromatic nitrogens is 3. The number of nitrogens with one attached hydrogen (secondary N) is 1. The molecule has 2 aromatic carbocycles. The number of likely N-dealkylation sites (tertiary alicyclic amines) is 1. The molecule has 0 amide bonds. The van der Waals surface area contributed by atoms with Gasteiger partial charge in [-0.1, -0.05) is 30.3 Å². The number of aryl methyl sites for hydroxylation is 1. The van der Waals surface area contributed by atoms with E-state index in [0.29, 0.717) is 25.1 Å². The van der Waals surface area contributed by atoms with E-state index >= 15 is 0 Å². The normalized spacial score (nSPS) is 15.3. The van der Waals surface area contributed by atoms with E-state index in [2.05, 4.69) is 16.0 Å². The second-order valence-electron chi connectivity index (χ2n) is 8.41. The number of para-hydroxylation sites is 3. The molecule has 4 aromatic rings. The molecule has 162 valence electrons. The molecule has 2 aromatic heterocycles. The van der Waals surface area contributed by atoms with Crippen LogP contribution >= 0.6 is 0 Å². The predicted octanol–water partition coefficient (Wildman–Crippen LogP) is 3.72. The Morgan fingerprint density at radius 3 is 2.56 bits per heavy atom. The lowest BCUT2D eigenvalue weighted by Gasteiger charge is -2.32. The summed E-state index contributed by atoms with van der Waals surface area (Å²) >= 11 is 0. The summed E-state index contributed by atoms with van der Waals surface area (Å²) < 4.78 is 3.87. The van der Waals surface area contributed by atoms with Crippen LogP contribution in [0.3, 0.4) is 0 Å². The second-order valence-corrected chi connectivity index (χ2v) is 8.41. The molecule has 1 N–H and O–H groups in total. The average molecular weight is 428 g/mol. The van der Waals surface area contributed by atoms with Crippen molar-refractivity contribution in [2.24, 2.45) is 0 Å². The van der Waals surface area contributed by atoms with E-state index in [4.69, 9.17) is 5.26 Å². The summed E-state index contributed by atoms with van der Waals surface area (Å²) in [6.07, 6.45) is 3.97. The Hall–Kier alpha value is -3.63. The number of aromatic amines is 1. The van der Waals surface area contributed by atoms with Crippen LogP contribution in [-0.4, -0.2) is 44.4 Å². The average Bonchev–Trinajstić information content (AvgIpc) is 3.35. The van der Waals surface area contributed by atoms with Gasteiger partial charge in [0.05, 0.1) is 30.1 Å². The SMILES string of the molecule is N#CCCn1cc(C(=O)CN2CCC(n3c(=O)[nH]c4ccccc43)CC2)c2ccccc21. The third-order valence-electron chi connectivity index (χ3n) is 6.47. The van der Waals surface area contributed by atoms with Gasteiger partial charge in [-0.05, 0) is 31.0 Å². The maximum atomic E-state index is 13.2. The Morgan fingerprint density at radius 1 is 1.06 bits per heavy atom. The number of nitrogens with zero attached hydrogens (tertiary/aromatic N) is 4. The first-order valence-electron chi connectivity index (χ1n) is 11.1. The Balaban J connectivity index is 1.30. The number of nitriles is 1. The van der Waals surface area contributed by atoms with Gasteiger partial charge in [-0.15, -0.1) is 0 Å². The highest BCUT2D eigenvalue weighted by atomic mass is 16.1. The van der Waals surface area contributed by atoms with Gasteiger partial charge in [0, 0.05) is 48.3 Å². The van der Waals surface area contributed by atoms with Gasteiger partial charge >= 0.3 is 5.69 Å². The topological polar surface area (TPSA) is 86.8 Å². The summed E-state index contributed by atoms with van der Waals surface area (Å²) in [7, 11) is 0. The molecular weight excluding hydrogens is 402 g/mol. The molecule has 0 atom stereocenters. The van der Waals surface area contributed by atoms with E-state index in [9.17, 15) is 9.59 Å². The first-order valence-corrected chi connectivity index (χ1v) is 11.1. The zero-order valence-corrected chi connectivity index (χ0v) is 17.8. The number of Topliss-reactive ketones (excluding diaryl/α,β-unsaturated/α-hetero) is 1. The van der Waals surface area contributed by atoms with Crippen LogP contribution in [0.4, 0.5) is 0 Å². The molecular formula is C25H25N5O2. The van der Waals surface area contributed by atoms with Crippen molar-refractivity contribution in [2.45, 2.75) is 31.8 Å². The van der Waals surface area contributed by atoms with Gasteiger partial charge in [-0.25, -0.2) is 4.79 Å². The van der Waals surface area contributed by atoms with E-state index in [1.807, 2.05) is 63.9 Å². The van der Waals surface area contributed by atoms with E-state index in [1.165, 1.54) is 0 Å². The van der Waals surface area contributed by atoms with Crippen molar-refractivity contribution in [3.05, 3.63) is 70.8 Å². The minimum Gasteiger partial charge on any atom is -0.346 e. The zero-order valence-electron chi connectivity index (χ0n) is 17.8. The third kappa shape index (κ3) is 3.63. The Morgan fingerprint density at radius 2 is 1.78 bits per heavy atom. The van der Waals surface area contributed by atoms with Crippen molar-refractivity contribution in [3.63, 3.8) is 0 Å². The maximum Gasteiger partial charge on any atom is 0.326 e. The van der Waals surface area contributed by atoms with Gasteiger partial charge in [0.15, 0.2) is 5.78 Å². The molecule has 32 heavy (non-hydrogen) atoms. The molecule has 1 saturated heterocycles. The van der Waals surface area contributed by atoms with Gasteiger partial charge in [-0.3, -0.25) is 14.3 Å². The fourth-order valence-corrected chi connectivity index (χ4v) is 4.89. The lowest BCUT2D eigenvalue weighted by atomic mass is 10.0. The summed E-state index contributed by atoms with van der Waals surface area (Å²) in [6, 6.07) is 18.0. The number of carbonyl (C=O) groups excluding carboxylic acids is 1. The Labute approximate surface area is 185 Å². The molecule has 0 saturated carbocycles. The highest BCUT2D eigenvalue weighted by Crippen LogP contribution is 2.26. The minimum absolute atomic E-state index is 0.0640. The van der Waals surface area contributed by atoms with Gasteiger partial charge in [0.1, 0.15) is 0 Å². The molecule has 0 bridgehead atoms. The highest BCUT2D eigenvalue weighted by molar-refractivity contribution is 6.09. The molecule has 5 rings (SSSR count). The van der Waals surface area contributed by atoms with Crippen molar-refractivity contribution >= 4 is 27.7 Å². The summed E-state index contributed by atoms with van der Waals surface area (Å²) in [6.45, 7) is 2.49. The number of fused-ring (bicyclic) bond motifs is 2. The van der Waals surface area contributed by atoms with Gasteiger partial charge in [-0.2, -0.15) is 5.26 Å². The molecule has 1 aliphatic heterocycles. The van der Waals surface area contributed by atoms with Crippen molar-refractivity contribution in [3.8, 4) is 6.07 Å². The van der Waals surface area contributed by atoms with E-state index < -0.39 is 0 Å². The summed E-state index contributed by atoms with van der Waals surface area (Å²) in [5, 5.41) is 9.88. The Kier molecular flexibility index (Phi) is 5.38. The standard InChI is InChI=1S/C25H25N5O2/c26-12-5-13-29-16-20(19-6-1-3-8-22(19)29)24(31)17-28-14-10-18(11-15-28)30-23-9-4-2-7-21(23)27-25(30)32/h1-4,6-9,16,18H,5,10-11,13-15,17H2,(H,27,32). The number of benzene rings is 2. The third-order valence-corrected chi connectivity index (χ3v) is 6.47. The Bertz CT molecular complexity index is 1380. The van der Waals surface area contributed by atoms with Crippen LogP contribution in [0.1, 0.15) is 35.7 Å². The predicted molar refractivity (Wildman–Crippen MR) is 124 cm³/mol. The smallest absolute Gasteiger partial charge is 0.326 e. The van der Waals surface area contributed by atoms with Crippen LogP contribution in [0, 0.1) is 11.3 Å². The number of hydrogen-bond acceptors (Lipinski definition) is 4. The van der Waals surface area contributed by atoms with Crippen LogP contribution < -0.4 is 5.69 Å². The van der Waals surface area contributed by atoms with Crippen LogP contribution in [-0.2, 0) is 6.54 Å². The fraction of sp³-hybridized carbons (Fsp3) is 0.320. The molecule has 1 aliphatic rings. The molecule has 1 fully saturated rings. The molecule has 3 heterocycles. The number of ketones is 1. The lowest BCUT2D eigenvalue weighted by molar-refractivity contribution is 0.0899. The zero-order chi connectivity index (χ0) is 22.1. The first-order chi connectivity index (χ1) is 15.7. The molecule has 0 unspecified atom stereocenters. The van der Waals surface area contributed by atoms with Gasteiger partial charge in [0.2, 0.25) is 0 Å². The number of H-pyrrole nitrogens is 1. The number of piperidine rings is 1. The number of rotatable bonds is 6. The van der Waals surface area contributed by atoms with Crippen molar-refractivity contribution in [1.29, 1.82) is 5.26 Å². The van der Waals surface area contributed by atoms with Gasteiger partial charge < -0.3 is 9.55 Å². The summed E-state index contributed by atoms with van der Waals surface area (Å²) in [4.78, 5) is 30.8. The van der Waals surface area contributed by atoms with Crippen LogP contribution in [0.5, 0.6) is 0 Å². The number of carbonyl (C=O) groups is 1. The highest BCUT2D eigenvalue weighted by Gasteiger charge is 2.25.